The van der Waals surface area contributed by atoms with Gasteiger partial charge in [-0.3, -0.25) is 4.79 Å². The second-order valence-corrected chi connectivity index (χ2v) is 5.39. The van der Waals surface area contributed by atoms with Crippen LogP contribution in [0.3, 0.4) is 0 Å². The predicted molar refractivity (Wildman–Crippen MR) is 81.7 cm³/mol. The number of carbonyl (C=O) groups is 1. The van der Waals surface area contributed by atoms with E-state index in [2.05, 4.69) is 24.5 Å². The summed E-state index contributed by atoms with van der Waals surface area (Å²) in [4.78, 5) is 11.5. The molecule has 0 saturated carbocycles. The number of amides is 1. The first kappa shape index (κ1) is 17.4. The summed E-state index contributed by atoms with van der Waals surface area (Å²) in [6.45, 7) is 7.97. The molecule has 0 aromatic heterocycles. The Morgan fingerprint density at radius 2 is 2.14 bits per heavy atom. The Labute approximate surface area is 126 Å². The van der Waals surface area contributed by atoms with E-state index >= 15 is 0 Å². The molecule has 1 aromatic rings. The summed E-state index contributed by atoms with van der Waals surface area (Å²) in [5.74, 6) is -0.00788. The summed E-state index contributed by atoms with van der Waals surface area (Å²) in [5.41, 5.74) is 0.721. The molecule has 21 heavy (non-hydrogen) atoms. The van der Waals surface area contributed by atoms with Crippen LogP contribution >= 0.6 is 0 Å². The van der Waals surface area contributed by atoms with E-state index < -0.39 is 5.82 Å². The van der Waals surface area contributed by atoms with Gasteiger partial charge in [-0.15, -0.1) is 0 Å². The van der Waals surface area contributed by atoms with Crippen molar-refractivity contribution in [3.05, 3.63) is 29.6 Å². The highest BCUT2D eigenvalue weighted by Gasteiger charge is 2.11. The van der Waals surface area contributed by atoms with Gasteiger partial charge >= 0.3 is 0 Å². The second-order valence-electron chi connectivity index (χ2n) is 5.39. The number of rotatable bonds is 9. The van der Waals surface area contributed by atoms with Crippen LogP contribution in [0.5, 0.6) is 5.75 Å². The van der Waals surface area contributed by atoms with Gasteiger partial charge in [0.2, 0.25) is 0 Å². The van der Waals surface area contributed by atoms with Gasteiger partial charge in [0.15, 0.2) is 18.2 Å². The Morgan fingerprint density at radius 3 is 2.81 bits per heavy atom. The summed E-state index contributed by atoms with van der Waals surface area (Å²) in [6.07, 6.45) is 0.857. The van der Waals surface area contributed by atoms with Crippen molar-refractivity contribution >= 4 is 5.91 Å². The lowest BCUT2D eigenvalue weighted by Crippen LogP contribution is -2.29. The SMILES string of the molecule is CCCNC(=O)COc1c(F)cccc1CNCC(C)C. The van der Waals surface area contributed by atoms with E-state index in [1.54, 1.807) is 12.1 Å². The zero-order chi connectivity index (χ0) is 15.7. The van der Waals surface area contributed by atoms with Crippen LogP contribution in [0.1, 0.15) is 32.8 Å². The molecule has 0 unspecified atom stereocenters. The number of carbonyl (C=O) groups excluding carboxylic acids is 1. The Balaban J connectivity index is 2.60. The highest BCUT2D eigenvalue weighted by atomic mass is 19.1. The highest BCUT2D eigenvalue weighted by molar-refractivity contribution is 5.77. The molecule has 1 amide bonds. The summed E-state index contributed by atoms with van der Waals surface area (Å²) in [6, 6.07) is 4.78. The molecule has 0 aliphatic carbocycles. The van der Waals surface area contributed by atoms with Crippen molar-refractivity contribution in [2.24, 2.45) is 5.92 Å². The fraction of sp³-hybridized carbons (Fsp3) is 0.562. The molecule has 5 heteroatoms. The van der Waals surface area contributed by atoms with Gasteiger partial charge in [-0.05, 0) is 24.9 Å². The van der Waals surface area contributed by atoms with Crippen LogP contribution in [-0.2, 0) is 11.3 Å². The van der Waals surface area contributed by atoms with Gasteiger partial charge in [-0.25, -0.2) is 4.39 Å². The second kappa shape index (κ2) is 9.34. The van der Waals surface area contributed by atoms with Crippen molar-refractivity contribution in [1.82, 2.24) is 10.6 Å². The predicted octanol–water partition coefficient (Wildman–Crippen LogP) is 2.48. The topological polar surface area (TPSA) is 50.4 Å². The number of ether oxygens (including phenoxy) is 1. The first-order valence-electron chi connectivity index (χ1n) is 7.42. The van der Waals surface area contributed by atoms with Crippen LogP contribution < -0.4 is 15.4 Å². The fourth-order valence-electron chi connectivity index (χ4n) is 1.80. The van der Waals surface area contributed by atoms with E-state index in [9.17, 15) is 9.18 Å². The minimum Gasteiger partial charge on any atom is -0.480 e. The van der Waals surface area contributed by atoms with Crippen molar-refractivity contribution in [2.75, 3.05) is 19.7 Å². The van der Waals surface area contributed by atoms with E-state index in [1.807, 2.05) is 6.92 Å². The Hall–Kier alpha value is -1.62. The summed E-state index contributed by atoms with van der Waals surface area (Å²) in [5, 5.41) is 5.94. The largest absolute Gasteiger partial charge is 0.480 e. The molecule has 0 atom stereocenters. The van der Waals surface area contributed by atoms with Crippen LogP contribution in [0.25, 0.3) is 0 Å². The lowest BCUT2D eigenvalue weighted by atomic mass is 10.1. The summed E-state index contributed by atoms with van der Waals surface area (Å²) >= 11 is 0. The van der Waals surface area contributed by atoms with Gasteiger partial charge in [-0.1, -0.05) is 32.9 Å². The highest BCUT2D eigenvalue weighted by Crippen LogP contribution is 2.22. The van der Waals surface area contributed by atoms with E-state index in [-0.39, 0.29) is 18.3 Å². The zero-order valence-corrected chi connectivity index (χ0v) is 13.0. The van der Waals surface area contributed by atoms with Gasteiger partial charge in [0.25, 0.3) is 5.91 Å². The van der Waals surface area contributed by atoms with Gasteiger partial charge in [0, 0.05) is 18.7 Å². The molecule has 0 spiro atoms. The van der Waals surface area contributed by atoms with E-state index in [4.69, 9.17) is 4.74 Å². The molecule has 0 bridgehead atoms. The molecule has 1 rings (SSSR count). The average Bonchev–Trinajstić information content (AvgIpc) is 2.44. The summed E-state index contributed by atoms with van der Waals surface area (Å²) in [7, 11) is 0. The van der Waals surface area contributed by atoms with Gasteiger partial charge in [0.1, 0.15) is 0 Å². The minimum absolute atomic E-state index is 0.153. The van der Waals surface area contributed by atoms with Crippen molar-refractivity contribution in [3.63, 3.8) is 0 Å². The molecule has 0 radical (unpaired) electrons. The van der Waals surface area contributed by atoms with Gasteiger partial charge in [-0.2, -0.15) is 0 Å². The molecule has 0 aliphatic rings. The summed E-state index contributed by atoms with van der Waals surface area (Å²) < 4.78 is 19.2. The monoisotopic (exact) mass is 296 g/mol. The first-order valence-corrected chi connectivity index (χ1v) is 7.42. The quantitative estimate of drug-likeness (QED) is 0.736. The molecule has 118 valence electrons. The van der Waals surface area contributed by atoms with Gasteiger partial charge < -0.3 is 15.4 Å². The van der Waals surface area contributed by atoms with Crippen molar-refractivity contribution in [2.45, 2.75) is 33.7 Å². The van der Waals surface area contributed by atoms with E-state index in [0.717, 1.165) is 18.5 Å². The Kier molecular flexibility index (Phi) is 7.75. The van der Waals surface area contributed by atoms with Crippen LogP contribution in [-0.4, -0.2) is 25.6 Å². The lowest BCUT2D eigenvalue weighted by molar-refractivity contribution is -0.123. The first-order chi connectivity index (χ1) is 10.0. The normalized spacial score (nSPS) is 10.7. The number of para-hydroxylation sites is 1. The number of hydrogen-bond acceptors (Lipinski definition) is 3. The van der Waals surface area contributed by atoms with E-state index in [0.29, 0.717) is 19.0 Å². The molecule has 0 heterocycles. The number of halogens is 1. The Bertz CT molecular complexity index is 450. The van der Waals surface area contributed by atoms with Crippen LogP contribution in [0, 0.1) is 11.7 Å². The van der Waals surface area contributed by atoms with Crippen LogP contribution in [0.2, 0.25) is 0 Å². The zero-order valence-electron chi connectivity index (χ0n) is 13.0. The molecule has 2 N–H and O–H groups in total. The minimum atomic E-state index is -0.442. The van der Waals surface area contributed by atoms with Crippen molar-refractivity contribution < 1.29 is 13.9 Å². The average molecular weight is 296 g/mol. The van der Waals surface area contributed by atoms with Crippen molar-refractivity contribution in [3.8, 4) is 5.75 Å². The van der Waals surface area contributed by atoms with E-state index in [1.165, 1.54) is 6.07 Å². The van der Waals surface area contributed by atoms with Crippen molar-refractivity contribution in [1.29, 1.82) is 0 Å². The maximum atomic E-state index is 13.9. The Morgan fingerprint density at radius 1 is 1.38 bits per heavy atom. The molecule has 4 nitrogen and oxygen atoms in total. The molecule has 0 aliphatic heterocycles. The van der Waals surface area contributed by atoms with Gasteiger partial charge in [0.05, 0.1) is 0 Å². The number of hydrogen-bond donors (Lipinski definition) is 2. The molecular formula is C16H25FN2O2. The maximum absolute atomic E-state index is 13.9. The lowest BCUT2D eigenvalue weighted by Gasteiger charge is -2.14. The standard InChI is InChI=1S/C16H25FN2O2/c1-4-8-19-15(20)11-21-16-13(6-5-7-14(16)17)10-18-9-12(2)3/h5-7,12,18H,4,8-11H2,1-3H3,(H,19,20). The third kappa shape index (κ3) is 6.58. The number of nitrogens with one attached hydrogen (secondary N) is 2. The molecular weight excluding hydrogens is 271 g/mol. The molecule has 1 aromatic carbocycles. The molecule has 0 saturated heterocycles. The smallest absolute Gasteiger partial charge is 0.257 e. The maximum Gasteiger partial charge on any atom is 0.257 e. The molecule has 0 fully saturated rings. The third-order valence-electron chi connectivity index (χ3n) is 2.84. The number of benzene rings is 1. The third-order valence-corrected chi connectivity index (χ3v) is 2.84. The fourth-order valence-corrected chi connectivity index (χ4v) is 1.80. The van der Waals surface area contributed by atoms with Crippen LogP contribution in [0.4, 0.5) is 4.39 Å². The van der Waals surface area contributed by atoms with Crippen LogP contribution in [0.15, 0.2) is 18.2 Å².